The smallest absolute Gasteiger partial charge is 0.255 e. The first kappa shape index (κ1) is 23.0. The maximum Gasteiger partial charge on any atom is 0.255 e. The number of para-hydroxylation sites is 2. The first-order valence-electron chi connectivity index (χ1n) is 10.3. The number of ether oxygens (including phenoxy) is 2. The van der Waals surface area contributed by atoms with Gasteiger partial charge >= 0.3 is 0 Å². The second kappa shape index (κ2) is 11.1. The molecule has 1 aliphatic rings. The molecule has 4 rings (SSSR count). The average molecular weight is 486 g/mol. The average Bonchev–Trinajstić information content (AvgIpc) is 3.33. The van der Waals surface area contributed by atoms with Gasteiger partial charge in [-0.3, -0.25) is 9.59 Å². The molecule has 2 aromatic carbocycles. The fraction of sp³-hybridized carbons (Fsp3) is 0.273. The number of nitrogens with one attached hydrogen (secondary N) is 2. The summed E-state index contributed by atoms with van der Waals surface area (Å²) in [6.45, 7) is 2.97. The Morgan fingerprint density at radius 2 is 1.85 bits per heavy atom. The molecule has 172 valence electrons. The normalized spacial score (nSPS) is 13.4. The lowest BCUT2D eigenvalue weighted by Crippen LogP contribution is -2.36. The van der Waals surface area contributed by atoms with E-state index >= 15 is 0 Å². The van der Waals surface area contributed by atoms with Crippen LogP contribution in [0.1, 0.15) is 10.4 Å². The third kappa shape index (κ3) is 6.21. The maximum absolute atomic E-state index is 12.5. The highest BCUT2D eigenvalue weighted by molar-refractivity contribution is 8.01. The molecule has 33 heavy (non-hydrogen) atoms. The fourth-order valence-electron chi connectivity index (χ4n) is 3.11. The van der Waals surface area contributed by atoms with Crippen LogP contribution in [0.15, 0.2) is 52.9 Å². The number of hydrogen-bond acceptors (Lipinski definition) is 9. The molecule has 1 saturated heterocycles. The first-order valence-corrected chi connectivity index (χ1v) is 12.1. The Morgan fingerprint density at radius 1 is 1.09 bits per heavy atom. The molecule has 2 heterocycles. The highest BCUT2D eigenvalue weighted by Gasteiger charge is 2.17. The standard InChI is InChI=1S/C22H23N5O4S2/c1-30-18-5-3-2-4-17(18)24-20(29)15-6-8-16(9-7-15)23-19(28)14-32-22-26-25-21(33-22)27-10-12-31-13-11-27/h2-9H,10-14H2,1H3,(H,23,28)(H,24,29). The minimum absolute atomic E-state index is 0.158. The number of carbonyl (C=O) groups is 2. The number of nitrogens with zero attached hydrogens (tertiary/aromatic N) is 3. The minimum Gasteiger partial charge on any atom is -0.495 e. The number of methoxy groups -OCH3 is 1. The van der Waals surface area contributed by atoms with Gasteiger partial charge in [-0.25, -0.2) is 0 Å². The van der Waals surface area contributed by atoms with E-state index in [4.69, 9.17) is 9.47 Å². The lowest BCUT2D eigenvalue weighted by molar-refractivity contribution is -0.113. The van der Waals surface area contributed by atoms with Crippen LogP contribution < -0.4 is 20.3 Å². The number of benzene rings is 2. The number of rotatable bonds is 8. The van der Waals surface area contributed by atoms with E-state index in [0.717, 1.165) is 22.6 Å². The zero-order chi connectivity index (χ0) is 23.0. The topological polar surface area (TPSA) is 106 Å². The first-order chi connectivity index (χ1) is 16.1. The summed E-state index contributed by atoms with van der Waals surface area (Å²) in [6.07, 6.45) is 0. The third-order valence-corrected chi connectivity index (χ3v) is 6.91. The van der Waals surface area contributed by atoms with Gasteiger partial charge in [0.2, 0.25) is 11.0 Å². The van der Waals surface area contributed by atoms with E-state index in [0.29, 0.717) is 35.9 Å². The highest BCUT2D eigenvalue weighted by atomic mass is 32.2. The van der Waals surface area contributed by atoms with E-state index in [1.165, 1.54) is 23.1 Å². The Bertz CT molecular complexity index is 1100. The molecular weight excluding hydrogens is 462 g/mol. The number of hydrogen-bond donors (Lipinski definition) is 2. The largest absolute Gasteiger partial charge is 0.495 e. The zero-order valence-corrected chi connectivity index (χ0v) is 19.6. The molecule has 2 amide bonds. The van der Waals surface area contributed by atoms with Crippen LogP contribution in [0.25, 0.3) is 0 Å². The van der Waals surface area contributed by atoms with E-state index in [-0.39, 0.29) is 17.6 Å². The number of carbonyl (C=O) groups excluding carboxylic acids is 2. The summed E-state index contributed by atoms with van der Waals surface area (Å²) in [5.74, 6) is 0.377. The molecule has 0 atom stereocenters. The van der Waals surface area contributed by atoms with E-state index < -0.39 is 0 Å². The van der Waals surface area contributed by atoms with Crippen LogP contribution >= 0.6 is 23.1 Å². The van der Waals surface area contributed by atoms with E-state index in [2.05, 4.69) is 25.7 Å². The fourth-order valence-corrected chi connectivity index (χ4v) is 4.81. The second-order valence-electron chi connectivity index (χ2n) is 7.02. The van der Waals surface area contributed by atoms with Crippen molar-refractivity contribution < 1.29 is 19.1 Å². The molecule has 0 spiro atoms. The lowest BCUT2D eigenvalue weighted by atomic mass is 10.2. The second-order valence-corrected chi connectivity index (χ2v) is 9.20. The monoisotopic (exact) mass is 485 g/mol. The van der Waals surface area contributed by atoms with Gasteiger partial charge in [0.1, 0.15) is 5.75 Å². The SMILES string of the molecule is COc1ccccc1NC(=O)c1ccc(NC(=O)CSc2nnc(N3CCOCC3)s2)cc1. The summed E-state index contributed by atoms with van der Waals surface area (Å²) >= 11 is 2.82. The Morgan fingerprint density at radius 3 is 2.61 bits per heavy atom. The molecule has 0 aliphatic carbocycles. The van der Waals surface area contributed by atoms with Crippen molar-refractivity contribution in [3.05, 3.63) is 54.1 Å². The Balaban J connectivity index is 1.26. The van der Waals surface area contributed by atoms with Gasteiger partial charge in [0.25, 0.3) is 5.91 Å². The van der Waals surface area contributed by atoms with Crippen LogP contribution in [-0.2, 0) is 9.53 Å². The van der Waals surface area contributed by atoms with Crippen LogP contribution in [0.4, 0.5) is 16.5 Å². The van der Waals surface area contributed by atoms with Gasteiger partial charge in [0.15, 0.2) is 4.34 Å². The zero-order valence-electron chi connectivity index (χ0n) is 17.9. The van der Waals surface area contributed by atoms with Crippen molar-refractivity contribution in [3.8, 4) is 5.75 Å². The Labute approximate surface area is 199 Å². The summed E-state index contributed by atoms with van der Waals surface area (Å²) in [5, 5.41) is 14.9. The molecule has 1 fully saturated rings. The summed E-state index contributed by atoms with van der Waals surface area (Å²) in [7, 11) is 1.55. The molecule has 0 radical (unpaired) electrons. The van der Waals surface area contributed by atoms with Crippen molar-refractivity contribution in [2.24, 2.45) is 0 Å². The van der Waals surface area contributed by atoms with E-state index in [9.17, 15) is 9.59 Å². The van der Waals surface area contributed by atoms with Crippen molar-refractivity contribution in [2.45, 2.75) is 4.34 Å². The van der Waals surface area contributed by atoms with Crippen molar-refractivity contribution >= 4 is 51.4 Å². The van der Waals surface area contributed by atoms with Crippen LogP contribution in [-0.4, -0.2) is 61.2 Å². The van der Waals surface area contributed by atoms with E-state index in [1.807, 2.05) is 12.1 Å². The maximum atomic E-state index is 12.5. The Hall–Kier alpha value is -3.15. The Kier molecular flexibility index (Phi) is 7.76. The number of thioether (sulfide) groups is 1. The summed E-state index contributed by atoms with van der Waals surface area (Å²) in [4.78, 5) is 27.0. The third-order valence-electron chi connectivity index (χ3n) is 4.79. The van der Waals surface area contributed by atoms with Crippen LogP contribution in [0.3, 0.4) is 0 Å². The molecule has 11 heteroatoms. The van der Waals surface area contributed by atoms with Gasteiger partial charge < -0.3 is 25.0 Å². The number of anilines is 3. The molecule has 1 aliphatic heterocycles. The van der Waals surface area contributed by atoms with Gasteiger partial charge in [0.05, 0.1) is 31.8 Å². The van der Waals surface area contributed by atoms with Crippen molar-refractivity contribution in [1.29, 1.82) is 0 Å². The van der Waals surface area contributed by atoms with Gasteiger partial charge in [-0.2, -0.15) is 0 Å². The molecular formula is C22H23N5O4S2. The highest BCUT2D eigenvalue weighted by Crippen LogP contribution is 2.28. The van der Waals surface area contributed by atoms with Gasteiger partial charge in [-0.05, 0) is 36.4 Å². The molecule has 1 aromatic heterocycles. The van der Waals surface area contributed by atoms with Crippen LogP contribution in [0.5, 0.6) is 5.75 Å². The number of morpholine rings is 1. The van der Waals surface area contributed by atoms with Crippen molar-refractivity contribution in [3.63, 3.8) is 0 Å². The predicted molar refractivity (Wildman–Crippen MR) is 130 cm³/mol. The summed E-state index contributed by atoms with van der Waals surface area (Å²) in [6, 6.07) is 13.9. The number of amides is 2. The van der Waals surface area contributed by atoms with Crippen molar-refractivity contribution in [2.75, 3.05) is 54.7 Å². The summed E-state index contributed by atoms with van der Waals surface area (Å²) < 4.78 is 11.3. The quantitative estimate of drug-likeness (QED) is 0.468. The van der Waals surface area contributed by atoms with Gasteiger partial charge in [-0.15, -0.1) is 10.2 Å². The predicted octanol–water partition coefficient (Wildman–Crippen LogP) is 3.37. The molecule has 0 saturated carbocycles. The number of aromatic nitrogens is 2. The van der Waals surface area contributed by atoms with Crippen LogP contribution in [0, 0.1) is 0 Å². The lowest BCUT2D eigenvalue weighted by Gasteiger charge is -2.25. The van der Waals surface area contributed by atoms with Gasteiger partial charge in [0, 0.05) is 24.3 Å². The molecule has 2 N–H and O–H groups in total. The molecule has 3 aromatic rings. The van der Waals surface area contributed by atoms with Crippen LogP contribution in [0.2, 0.25) is 0 Å². The minimum atomic E-state index is -0.264. The van der Waals surface area contributed by atoms with Crippen molar-refractivity contribution in [1.82, 2.24) is 10.2 Å². The molecule has 0 unspecified atom stereocenters. The molecule has 9 nitrogen and oxygen atoms in total. The summed E-state index contributed by atoms with van der Waals surface area (Å²) in [5.41, 5.74) is 1.67. The van der Waals surface area contributed by atoms with E-state index in [1.54, 1.807) is 43.5 Å². The van der Waals surface area contributed by atoms with Gasteiger partial charge in [-0.1, -0.05) is 35.2 Å². The molecule has 0 bridgehead atoms.